The maximum Gasteiger partial charge on any atom is 0.222 e. The van der Waals surface area contributed by atoms with E-state index in [-0.39, 0.29) is 23.9 Å². The van der Waals surface area contributed by atoms with Gasteiger partial charge in [0.25, 0.3) is 0 Å². The Balaban J connectivity index is 1.42. The molecule has 1 aromatic carbocycles. The molecular weight excluding hydrogens is 409 g/mol. The van der Waals surface area contributed by atoms with Crippen molar-refractivity contribution < 1.29 is 17.5 Å². The zero-order valence-electron chi connectivity index (χ0n) is 17.0. The number of aromatic nitrogens is 2. The number of nitrogens with two attached hydrogens (primary N) is 1. The smallest absolute Gasteiger partial charge is 0.222 e. The van der Waals surface area contributed by atoms with Gasteiger partial charge in [-0.2, -0.15) is 0 Å². The van der Waals surface area contributed by atoms with Crippen LogP contribution in [0, 0.1) is 5.82 Å². The molecule has 1 aliphatic rings. The van der Waals surface area contributed by atoms with E-state index in [1.165, 1.54) is 13.2 Å². The van der Waals surface area contributed by atoms with Crippen LogP contribution in [0.2, 0.25) is 0 Å². The molecule has 8 nitrogen and oxygen atoms in total. The number of nitrogens with zero attached hydrogens (tertiary/aromatic N) is 2. The van der Waals surface area contributed by atoms with Crippen LogP contribution in [0.1, 0.15) is 36.3 Å². The first-order chi connectivity index (χ1) is 14.3. The minimum Gasteiger partial charge on any atom is -0.494 e. The van der Waals surface area contributed by atoms with E-state index in [0.717, 1.165) is 43.4 Å². The van der Waals surface area contributed by atoms with E-state index in [0.29, 0.717) is 17.9 Å². The number of ether oxygens (including phenoxy) is 1. The van der Waals surface area contributed by atoms with Crippen molar-refractivity contribution in [2.45, 2.75) is 37.6 Å². The number of hydrogen-bond donors (Lipinski definition) is 3. The lowest BCUT2D eigenvalue weighted by Crippen LogP contribution is -2.28. The summed E-state index contributed by atoms with van der Waals surface area (Å²) < 4.78 is 40.4. The monoisotopic (exact) mass is 437 g/mol. The number of rotatable bonds is 10. The predicted octanol–water partition coefficient (Wildman–Crippen LogP) is 1.79. The normalized spacial score (nSPS) is 19.0. The van der Waals surface area contributed by atoms with Crippen molar-refractivity contribution in [2.24, 2.45) is 5.14 Å². The van der Waals surface area contributed by atoms with E-state index in [1.807, 2.05) is 0 Å². The quantitative estimate of drug-likeness (QED) is 0.518. The molecule has 0 spiro atoms. The molecule has 10 heteroatoms. The lowest BCUT2D eigenvalue weighted by atomic mass is 10.0. The van der Waals surface area contributed by atoms with Crippen LogP contribution in [0.4, 0.5) is 10.3 Å². The molecule has 2 aromatic rings. The predicted molar refractivity (Wildman–Crippen MR) is 114 cm³/mol. The van der Waals surface area contributed by atoms with Crippen LogP contribution in [0.15, 0.2) is 30.6 Å². The highest BCUT2D eigenvalue weighted by atomic mass is 32.2. The van der Waals surface area contributed by atoms with E-state index in [4.69, 9.17) is 9.88 Å². The van der Waals surface area contributed by atoms with Gasteiger partial charge in [-0.3, -0.25) is 0 Å². The third-order valence-corrected chi connectivity index (χ3v) is 6.08. The van der Waals surface area contributed by atoms with Gasteiger partial charge < -0.3 is 15.4 Å². The average molecular weight is 438 g/mol. The summed E-state index contributed by atoms with van der Waals surface area (Å²) in [5.74, 6) is 0.548. The Morgan fingerprint density at radius 1 is 1.23 bits per heavy atom. The topological polar surface area (TPSA) is 119 Å². The molecule has 4 N–H and O–H groups in total. The number of anilines is 1. The van der Waals surface area contributed by atoms with Crippen molar-refractivity contribution in [3.8, 4) is 5.75 Å². The number of sulfonamides is 1. The van der Waals surface area contributed by atoms with E-state index in [1.54, 1.807) is 24.5 Å². The summed E-state index contributed by atoms with van der Waals surface area (Å²) in [5, 5.41) is 11.4. The summed E-state index contributed by atoms with van der Waals surface area (Å²) >= 11 is 0. The standard InChI is InChI=1S/C20H28FN5O3S/c1-29-19-10-14(2-5-18(19)21)6-7-23-17-4-3-15(11-17)16-12-25-20(26-13-16)24-8-9-30(22,27)28/h2,5,10,12-13,15,17,23H,3-4,6-9,11H2,1H3,(H2,22,27,28)(H,24,25,26)/t15-,17+/m1/s1. The molecule has 0 aliphatic heterocycles. The van der Waals surface area contributed by atoms with Gasteiger partial charge in [-0.05, 0) is 61.4 Å². The third-order valence-electron chi connectivity index (χ3n) is 5.31. The van der Waals surface area contributed by atoms with Crippen LogP contribution in [0.5, 0.6) is 5.75 Å². The first kappa shape index (κ1) is 22.4. The van der Waals surface area contributed by atoms with Gasteiger partial charge in [-0.1, -0.05) is 6.07 Å². The molecule has 0 bridgehead atoms. The molecule has 1 fully saturated rings. The van der Waals surface area contributed by atoms with Crippen LogP contribution in [-0.2, 0) is 16.4 Å². The highest BCUT2D eigenvalue weighted by Gasteiger charge is 2.26. The van der Waals surface area contributed by atoms with Gasteiger partial charge >= 0.3 is 0 Å². The van der Waals surface area contributed by atoms with Gasteiger partial charge in [0.15, 0.2) is 11.6 Å². The lowest BCUT2D eigenvalue weighted by molar-refractivity contribution is 0.386. The summed E-state index contributed by atoms with van der Waals surface area (Å²) in [6.45, 7) is 0.989. The first-order valence-electron chi connectivity index (χ1n) is 9.96. The zero-order chi connectivity index (χ0) is 21.6. The Morgan fingerprint density at radius 2 is 2.00 bits per heavy atom. The Morgan fingerprint density at radius 3 is 2.70 bits per heavy atom. The zero-order valence-corrected chi connectivity index (χ0v) is 17.8. The summed E-state index contributed by atoms with van der Waals surface area (Å²) in [4.78, 5) is 8.54. The van der Waals surface area contributed by atoms with Gasteiger partial charge in [-0.15, -0.1) is 0 Å². The number of nitrogens with one attached hydrogen (secondary N) is 2. The molecular formula is C20H28FN5O3S. The van der Waals surface area contributed by atoms with Crippen LogP contribution >= 0.6 is 0 Å². The minimum atomic E-state index is -3.50. The number of hydrogen-bond acceptors (Lipinski definition) is 7. The number of methoxy groups -OCH3 is 1. The van der Waals surface area contributed by atoms with Crippen molar-refractivity contribution in [1.29, 1.82) is 0 Å². The van der Waals surface area contributed by atoms with Crippen LogP contribution in [-0.4, -0.2) is 50.4 Å². The molecule has 0 saturated heterocycles. The summed E-state index contributed by atoms with van der Waals surface area (Å²) in [7, 11) is -2.03. The summed E-state index contributed by atoms with van der Waals surface area (Å²) in [6.07, 6.45) is 7.54. The van der Waals surface area contributed by atoms with Gasteiger partial charge in [0, 0.05) is 25.0 Å². The second kappa shape index (κ2) is 10.1. The molecule has 1 aromatic heterocycles. The van der Waals surface area contributed by atoms with E-state index >= 15 is 0 Å². The largest absolute Gasteiger partial charge is 0.494 e. The maximum atomic E-state index is 13.5. The Hall–Kier alpha value is -2.30. The summed E-state index contributed by atoms with van der Waals surface area (Å²) in [5.41, 5.74) is 2.12. The summed E-state index contributed by atoms with van der Waals surface area (Å²) in [6, 6.07) is 5.38. The Bertz CT molecular complexity index is 940. The Kier molecular flexibility index (Phi) is 7.57. The second-order valence-electron chi connectivity index (χ2n) is 7.51. The first-order valence-corrected chi connectivity index (χ1v) is 11.7. The SMILES string of the molecule is COc1cc(CCN[C@H]2CC[C@@H](c3cnc(NCCS(N)(=O)=O)nc3)C2)ccc1F. The van der Waals surface area contributed by atoms with E-state index in [2.05, 4.69) is 20.6 Å². The van der Waals surface area contributed by atoms with Gasteiger partial charge in [0.05, 0.1) is 12.9 Å². The van der Waals surface area contributed by atoms with E-state index in [9.17, 15) is 12.8 Å². The van der Waals surface area contributed by atoms with Crippen molar-refractivity contribution in [1.82, 2.24) is 15.3 Å². The van der Waals surface area contributed by atoms with Crippen molar-refractivity contribution in [2.75, 3.05) is 31.3 Å². The molecule has 30 heavy (non-hydrogen) atoms. The van der Waals surface area contributed by atoms with Crippen LogP contribution in [0.25, 0.3) is 0 Å². The highest BCUT2D eigenvalue weighted by molar-refractivity contribution is 7.89. The van der Waals surface area contributed by atoms with Crippen molar-refractivity contribution >= 4 is 16.0 Å². The van der Waals surface area contributed by atoms with Crippen LogP contribution < -0.4 is 20.5 Å². The van der Waals surface area contributed by atoms with Gasteiger partial charge in [0.2, 0.25) is 16.0 Å². The van der Waals surface area contributed by atoms with Gasteiger partial charge in [-0.25, -0.2) is 27.9 Å². The molecule has 1 aliphatic carbocycles. The van der Waals surface area contributed by atoms with E-state index < -0.39 is 10.0 Å². The average Bonchev–Trinajstić information content (AvgIpc) is 3.18. The van der Waals surface area contributed by atoms with Gasteiger partial charge in [0.1, 0.15) is 0 Å². The molecule has 0 amide bonds. The molecule has 0 radical (unpaired) electrons. The molecule has 2 atom stereocenters. The molecule has 1 saturated carbocycles. The van der Waals surface area contributed by atoms with Crippen molar-refractivity contribution in [3.63, 3.8) is 0 Å². The molecule has 3 rings (SSSR count). The molecule has 0 unspecified atom stereocenters. The van der Waals surface area contributed by atoms with Crippen LogP contribution in [0.3, 0.4) is 0 Å². The maximum absolute atomic E-state index is 13.5. The number of primary sulfonamides is 1. The minimum absolute atomic E-state index is 0.168. The third kappa shape index (κ3) is 6.61. The number of halogens is 1. The Labute approximate surface area is 176 Å². The fraction of sp³-hybridized carbons (Fsp3) is 0.500. The highest BCUT2D eigenvalue weighted by Crippen LogP contribution is 2.34. The fourth-order valence-electron chi connectivity index (χ4n) is 3.70. The fourth-order valence-corrected chi connectivity index (χ4v) is 4.08. The lowest BCUT2D eigenvalue weighted by Gasteiger charge is -2.14. The number of benzene rings is 1. The molecule has 1 heterocycles. The molecule has 164 valence electrons. The second-order valence-corrected chi connectivity index (χ2v) is 9.25. The van der Waals surface area contributed by atoms with Crippen molar-refractivity contribution in [3.05, 3.63) is 47.5 Å².